The minimum atomic E-state index is 0.638. The second kappa shape index (κ2) is 3.45. The zero-order valence-electron chi connectivity index (χ0n) is 6.77. The molecule has 1 aromatic carbocycles. The standard InChI is InChI=1S/C9H7N3S/c10-6-8-11-12-9(13-8)7-4-2-1-3-5-7/h1-6,10H. The molecule has 13 heavy (non-hydrogen) atoms. The topological polar surface area (TPSA) is 49.6 Å². The number of hydrogen-bond donors (Lipinski definition) is 1. The van der Waals surface area contributed by atoms with E-state index in [1.165, 1.54) is 17.6 Å². The fourth-order valence-corrected chi connectivity index (χ4v) is 1.66. The van der Waals surface area contributed by atoms with Crippen molar-refractivity contribution in [3.63, 3.8) is 0 Å². The molecule has 0 aliphatic rings. The molecule has 0 aliphatic heterocycles. The van der Waals surface area contributed by atoms with Crippen LogP contribution in [-0.2, 0) is 0 Å². The van der Waals surface area contributed by atoms with E-state index >= 15 is 0 Å². The van der Waals surface area contributed by atoms with Crippen molar-refractivity contribution in [2.24, 2.45) is 0 Å². The van der Waals surface area contributed by atoms with Gasteiger partial charge in [0.05, 0.1) is 6.21 Å². The summed E-state index contributed by atoms with van der Waals surface area (Å²) >= 11 is 1.42. The van der Waals surface area contributed by atoms with Crippen LogP contribution < -0.4 is 0 Å². The lowest BCUT2D eigenvalue weighted by atomic mass is 10.2. The number of aromatic nitrogens is 2. The van der Waals surface area contributed by atoms with Gasteiger partial charge in [0.2, 0.25) is 0 Å². The van der Waals surface area contributed by atoms with E-state index in [1.54, 1.807) is 0 Å². The molecule has 0 saturated heterocycles. The fraction of sp³-hybridized carbons (Fsp3) is 0. The van der Waals surface area contributed by atoms with Gasteiger partial charge in [-0.05, 0) is 0 Å². The van der Waals surface area contributed by atoms with E-state index in [0.717, 1.165) is 10.6 Å². The summed E-state index contributed by atoms with van der Waals surface area (Å²) in [5, 5.41) is 16.3. The molecule has 0 amide bonds. The van der Waals surface area contributed by atoms with E-state index in [9.17, 15) is 0 Å². The van der Waals surface area contributed by atoms with Crippen molar-refractivity contribution in [2.45, 2.75) is 0 Å². The van der Waals surface area contributed by atoms with Crippen LogP contribution in [0.25, 0.3) is 10.6 Å². The van der Waals surface area contributed by atoms with Gasteiger partial charge in [0.1, 0.15) is 5.01 Å². The van der Waals surface area contributed by atoms with Crippen LogP contribution in [0.5, 0.6) is 0 Å². The highest BCUT2D eigenvalue weighted by Crippen LogP contribution is 2.21. The highest BCUT2D eigenvalue weighted by Gasteiger charge is 2.02. The first-order valence-electron chi connectivity index (χ1n) is 3.79. The molecule has 1 heterocycles. The minimum absolute atomic E-state index is 0.638. The summed E-state index contributed by atoms with van der Waals surface area (Å²) in [7, 11) is 0. The molecule has 0 saturated carbocycles. The minimum Gasteiger partial charge on any atom is -0.306 e. The normalized spacial score (nSPS) is 9.85. The SMILES string of the molecule is N=Cc1nnc(-c2ccccc2)s1. The van der Waals surface area contributed by atoms with Crippen LogP contribution in [0.2, 0.25) is 0 Å². The fourth-order valence-electron chi connectivity index (χ4n) is 0.990. The number of nitrogens with one attached hydrogen (secondary N) is 1. The van der Waals surface area contributed by atoms with E-state index in [0.29, 0.717) is 5.01 Å². The number of benzene rings is 1. The highest BCUT2D eigenvalue weighted by atomic mass is 32.1. The molecule has 2 aromatic rings. The third-order valence-electron chi connectivity index (χ3n) is 1.58. The van der Waals surface area contributed by atoms with Crippen LogP contribution in [-0.4, -0.2) is 16.4 Å². The molecule has 4 heteroatoms. The third kappa shape index (κ3) is 1.62. The Morgan fingerprint density at radius 2 is 1.92 bits per heavy atom. The molecule has 2 rings (SSSR count). The average molecular weight is 189 g/mol. The average Bonchev–Trinajstić information content (AvgIpc) is 2.67. The Bertz CT molecular complexity index is 408. The summed E-state index contributed by atoms with van der Waals surface area (Å²) in [6.07, 6.45) is 1.21. The largest absolute Gasteiger partial charge is 0.306 e. The second-order valence-electron chi connectivity index (χ2n) is 2.46. The van der Waals surface area contributed by atoms with Crippen LogP contribution in [0.4, 0.5) is 0 Å². The smallest absolute Gasteiger partial charge is 0.158 e. The molecule has 1 aromatic heterocycles. The molecular formula is C9H7N3S. The molecule has 0 fully saturated rings. The van der Waals surface area contributed by atoms with Gasteiger partial charge in [0, 0.05) is 5.56 Å². The lowest BCUT2D eigenvalue weighted by Gasteiger charge is -1.90. The first kappa shape index (κ1) is 8.07. The van der Waals surface area contributed by atoms with Crippen LogP contribution in [0.1, 0.15) is 5.01 Å². The van der Waals surface area contributed by atoms with E-state index in [-0.39, 0.29) is 0 Å². The molecule has 0 aliphatic carbocycles. The lowest BCUT2D eigenvalue weighted by molar-refractivity contribution is 1.09. The van der Waals surface area contributed by atoms with Crippen LogP contribution in [0, 0.1) is 5.41 Å². The molecule has 64 valence electrons. The first-order valence-corrected chi connectivity index (χ1v) is 4.61. The second-order valence-corrected chi connectivity index (χ2v) is 3.46. The summed E-state index contributed by atoms with van der Waals surface area (Å²) in [6, 6.07) is 9.84. The predicted molar refractivity (Wildman–Crippen MR) is 53.2 cm³/mol. The number of nitrogens with zero attached hydrogens (tertiary/aromatic N) is 2. The van der Waals surface area contributed by atoms with Gasteiger partial charge in [-0.1, -0.05) is 41.7 Å². The van der Waals surface area contributed by atoms with Gasteiger partial charge in [-0.15, -0.1) is 10.2 Å². The Kier molecular flexibility index (Phi) is 2.14. The van der Waals surface area contributed by atoms with Crippen molar-refractivity contribution >= 4 is 17.6 Å². The predicted octanol–water partition coefficient (Wildman–Crippen LogP) is 2.20. The molecule has 3 nitrogen and oxygen atoms in total. The Morgan fingerprint density at radius 1 is 1.15 bits per heavy atom. The van der Waals surface area contributed by atoms with Crippen LogP contribution in [0.3, 0.4) is 0 Å². The van der Waals surface area contributed by atoms with Crippen molar-refractivity contribution in [1.82, 2.24) is 10.2 Å². The highest BCUT2D eigenvalue weighted by molar-refractivity contribution is 7.16. The van der Waals surface area contributed by atoms with Gasteiger partial charge in [-0.3, -0.25) is 0 Å². The van der Waals surface area contributed by atoms with Gasteiger partial charge in [-0.2, -0.15) is 0 Å². The zero-order valence-corrected chi connectivity index (χ0v) is 7.58. The van der Waals surface area contributed by atoms with Crippen LogP contribution >= 0.6 is 11.3 Å². The Morgan fingerprint density at radius 3 is 2.54 bits per heavy atom. The van der Waals surface area contributed by atoms with Crippen molar-refractivity contribution < 1.29 is 0 Å². The van der Waals surface area contributed by atoms with E-state index < -0.39 is 0 Å². The monoisotopic (exact) mass is 189 g/mol. The van der Waals surface area contributed by atoms with Crippen molar-refractivity contribution in [2.75, 3.05) is 0 Å². The van der Waals surface area contributed by atoms with Crippen molar-refractivity contribution in [3.8, 4) is 10.6 Å². The summed E-state index contributed by atoms with van der Waals surface area (Å²) in [4.78, 5) is 0. The Labute approximate surface area is 79.6 Å². The maximum atomic E-state index is 7.00. The van der Waals surface area contributed by atoms with Gasteiger partial charge in [0.25, 0.3) is 0 Å². The summed E-state index contributed by atoms with van der Waals surface area (Å²) in [5.41, 5.74) is 1.05. The first-order chi connectivity index (χ1) is 6.40. The van der Waals surface area contributed by atoms with Gasteiger partial charge in [-0.25, -0.2) is 0 Å². The van der Waals surface area contributed by atoms with E-state index in [2.05, 4.69) is 10.2 Å². The third-order valence-corrected chi connectivity index (χ3v) is 2.50. The Hall–Kier alpha value is -1.55. The molecule has 0 unspecified atom stereocenters. The lowest BCUT2D eigenvalue weighted by Crippen LogP contribution is -1.76. The maximum Gasteiger partial charge on any atom is 0.158 e. The molecule has 0 spiro atoms. The van der Waals surface area contributed by atoms with Crippen molar-refractivity contribution in [3.05, 3.63) is 35.3 Å². The van der Waals surface area contributed by atoms with Gasteiger partial charge in [0.15, 0.2) is 5.01 Å². The number of rotatable bonds is 2. The van der Waals surface area contributed by atoms with Crippen LogP contribution in [0.15, 0.2) is 30.3 Å². The molecular weight excluding hydrogens is 182 g/mol. The summed E-state index contributed by atoms with van der Waals surface area (Å²) in [6.45, 7) is 0. The molecule has 1 N–H and O–H groups in total. The zero-order chi connectivity index (χ0) is 9.10. The van der Waals surface area contributed by atoms with E-state index in [4.69, 9.17) is 5.41 Å². The maximum absolute atomic E-state index is 7.00. The quantitative estimate of drug-likeness (QED) is 0.736. The summed E-state index contributed by atoms with van der Waals surface area (Å²) in [5.74, 6) is 0. The van der Waals surface area contributed by atoms with Gasteiger partial charge < -0.3 is 5.41 Å². The molecule has 0 atom stereocenters. The van der Waals surface area contributed by atoms with Gasteiger partial charge >= 0.3 is 0 Å². The Balaban J connectivity index is 2.41. The number of hydrogen-bond acceptors (Lipinski definition) is 4. The summed E-state index contributed by atoms with van der Waals surface area (Å²) < 4.78 is 0. The molecule has 0 bridgehead atoms. The van der Waals surface area contributed by atoms with E-state index in [1.807, 2.05) is 30.3 Å². The molecule has 0 radical (unpaired) electrons. The van der Waals surface area contributed by atoms with Crippen molar-refractivity contribution in [1.29, 1.82) is 5.41 Å².